The quantitative estimate of drug-likeness (QED) is 0.713. The first-order valence-electron chi connectivity index (χ1n) is 9.13. The minimum atomic E-state index is -0.320. The van der Waals surface area contributed by atoms with E-state index in [1.54, 1.807) is 17.3 Å². The Morgan fingerprint density at radius 2 is 1.83 bits per heavy atom. The lowest BCUT2D eigenvalue weighted by Gasteiger charge is -2.37. The zero-order chi connectivity index (χ0) is 18.5. The highest BCUT2D eigenvalue weighted by Gasteiger charge is 2.34. The van der Waals surface area contributed by atoms with E-state index in [-0.39, 0.29) is 56.0 Å². The third-order valence-electron chi connectivity index (χ3n) is 4.62. The van der Waals surface area contributed by atoms with Gasteiger partial charge < -0.3 is 19.7 Å². The summed E-state index contributed by atoms with van der Waals surface area (Å²) in [7, 11) is 0. The van der Waals surface area contributed by atoms with Crippen molar-refractivity contribution in [1.82, 2.24) is 20.2 Å². The van der Waals surface area contributed by atoms with Gasteiger partial charge in [-0.05, 0) is 24.1 Å². The van der Waals surface area contributed by atoms with Gasteiger partial charge in [0, 0.05) is 18.9 Å². The standard InChI is InChI=1S/C20H22N4O3.3ClH/c25-20(26-14-15-4-2-1-3-5-15)24-12-17(13-24)27-19-18(22-10-11-23-19)16-6-8-21-9-7-16;;;/h1-6,10-11,17,21H,7-9,12-14H2;3*1H. The lowest BCUT2D eigenvalue weighted by atomic mass is 10.1. The van der Waals surface area contributed by atoms with Crippen LogP contribution >= 0.6 is 37.2 Å². The summed E-state index contributed by atoms with van der Waals surface area (Å²) in [5.74, 6) is 0.535. The molecule has 1 aromatic heterocycles. The number of halogens is 3. The van der Waals surface area contributed by atoms with E-state index in [0.717, 1.165) is 36.3 Å². The SMILES string of the molecule is Cl.Cl.Cl.O=C(OCc1ccccc1)N1CC(Oc2nccnc2C2=CCNCC2)C1. The van der Waals surface area contributed by atoms with Crippen molar-refractivity contribution < 1.29 is 14.3 Å². The lowest BCUT2D eigenvalue weighted by Crippen LogP contribution is -2.56. The number of carbonyl (C=O) groups is 1. The summed E-state index contributed by atoms with van der Waals surface area (Å²) in [6.07, 6.45) is 5.92. The molecule has 1 N–H and O–H groups in total. The Morgan fingerprint density at radius 3 is 2.53 bits per heavy atom. The molecule has 30 heavy (non-hydrogen) atoms. The maximum Gasteiger partial charge on any atom is 0.410 e. The van der Waals surface area contributed by atoms with Crippen LogP contribution in [0.5, 0.6) is 5.88 Å². The molecule has 4 rings (SSSR count). The molecule has 1 saturated heterocycles. The molecule has 0 unspecified atom stereocenters. The van der Waals surface area contributed by atoms with Gasteiger partial charge in [0.2, 0.25) is 5.88 Å². The van der Waals surface area contributed by atoms with Gasteiger partial charge in [-0.2, -0.15) is 0 Å². The monoisotopic (exact) mass is 474 g/mol. The topological polar surface area (TPSA) is 76.6 Å². The van der Waals surface area contributed by atoms with Crippen LogP contribution in [0.15, 0.2) is 48.8 Å². The predicted molar refractivity (Wildman–Crippen MR) is 122 cm³/mol. The highest BCUT2D eigenvalue weighted by molar-refractivity contribution is 5.86. The van der Waals surface area contributed by atoms with Crippen molar-refractivity contribution in [3.63, 3.8) is 0 Å². The average molecular weight is 476 g/mol. The number of hydrogen-bond acceptors (Lipinski definition) is 6. The van der Waals surface area contributed by atoms with E-state index in [1.165, 1.54) is 0 Å². The van der Waals surface area contributed by atoms with Crippen LogP contribution in [0, 0.1) is 0 Å². The van der Waals surface area contributed by atoms with Gasteiger partial charge >= 0.3 is 6.09 Å². The molecule has 7 nitrogen and oxygen atoms in total. The molecule has 1 aromatic carbocycles. The van der Waals surface area contributed by atoms with E-state index < -0.39 is 0 Å². The summed E-state index contributed by atoms with van der Waals surface area (Å²) in [6.45, 7) is 3.01. The van der Waals surface area contributed by atoms with Gasteiger partial charge in [0.1, 0.15) is 18.4 Å². The second-order valence-corrected chi connectivity index (χ2v) is 6.58. The largest absolute Gasteiger partial charge is 0.469 e. The zero-order valence-electron chi connectivity index (χ0n) is 16.2. The fourth-order valence-corrected chi connectivity index (χ4v) is 3.10. The van der Waals surface area contributed by atoms with Crippen molar-refractivity contribution in [2.24, 2.45) is 0 Å². The van der Waals surface area contributed by atoms with Crippen LogP contribution in [0.2, 0.25) is 0 Å². The van der Waals surface area contributed by atoms with Gasteiger partial charge in [0.05, 0.1) is 13.1 Å². The van der Waals surface area contributed by atoms with E-state index in [2.05, 4.69) is 21.4 Å². The van der Waals surface area contributed by atoms with E-state index in [1.807, 2.05) is 30.3 Å². The molecular weight excluding hydrogens is 451 g/mol. The third-order valence-corrected chi connectivity index (χ3v) is 4.62. The predicted octanol–water partition coefficient (Wildman–Crippen LogP) is 3.52. The minimum Gasteiger partial charge on any atom is -0.469 e. The summed E-state index contributed by atoms with van der Waals surface area (Å²) in [6, 6.07) is 9.64. The zero-order valence-corrected chi connectivity index (χ0v) is 18.7. The van der Waals surface area contributed by atoms with Crippen molar-refractivity contribution in [3.05, 3.63) is 60.1 Å². The molecule has 0 saturated carbocycles. The molecule has 3 heterocycles. The summed E-state index contributed by atoms with van der Waals surface area (Å²) in [5.41, 5.74) is 2.91. The first kappa shape index (κ1) is 26.0. The molecule has 164 valence electrons. The molecular formula is C20H25Cl3N4O3. The van der Waals surface area contributed by atoms with Crippen molar-refractivity contribution in [3.8, 4) is 5.88 Å². The van der Waals surface area contributed by atoms with Crippen molar-refractivity contribution >= 4 is 48.9 Å². The van der Waals surface area contributed by atoms with Gasteiger partial charge in [0.25, 0.3) is 0 Å². The van der Waals surface area contributed by atoms with Crippen LogP contribution in [0.1, 0.15) is 17.7 Å². The third kappa shape index (κ3) is 6.47. The van der Waals surface area contributed by atoms with Crippen LogP contribution in [-0.2, 0) is 11.3 Å². The number of hydrogen-bond donors (Lipinski definition) is 1. The second kappa shape index (κ2) is 12.6. The van der Waals surface area contributed by atoms with Crippen LogP contribution in [0.3, 0.4) is 0 Å². The summed E-state index contributed by atoms with van der Waals surface area (Å²) < 4.78 is 11.3. The van der Waals surface area contributed by atoms with Crippen LogP contribution in [0.4, 0.5) is 4.79 Å². The van der Waals surface area contributed by atoms with E-state index in [4.69, 9.17) is 9.47 Å². The molecule has 0 bridgehead atoms. The number of benzene rings is 1. The Kier molecular flexibility index (Phi) is 10.9. The molecule has 2 aliphatic rings. The second-order valence-electron chi connectivity index (χ2n) is 6.58. The van der Waals surface area contributed by atoms with Gasteiger partial charge in [-0.1, -0.05) is 36.4 Å². The number of ether oxygens (including phenoxy) is 2. The van der Waals surface area contributed by atoms with Crippen LogP contribution in [-0.4, -0.2) is 53.2 Å². The smallest absolute Gasteiger partial charge is 0.410 e. The lowest BCUT2D eigenvalue weighted by molar-refractivity contribution is 0.00648. The van der Waals surface area contributed by atoms with E-state index in [0.29, 0.717) is 19.0 Å². The van der Waals surface area contributed by atoms with Crippen molar-refractivity contribution in [1.29, 1.82) is 0 Å². The molecule has 1 amide bonds. The highest BCUT2D eigenvalue weighted by atomic mass is 35.5. The maximum atomic E-state index is 12.1. The molecule has 2 aromatic rings. The fraction of sp³-hybridized carbons (Fsp3) is 0.350. The Labute approximate surface area is 194 Å². The Hall–Kier alpha value is -2.06. The van der Waals surface area contributed by atoms with Crippen molar-refractivity contribution in [2.45, 2.75) is 19.1 Å². The molecule has 1 fully saturated rings. The van der Waals surface area contributed by atoms with Gasteiger partial charge in [-0.3, -0.25) is 0 Å². The number of nitrogens with zero attached hydrogens (tertiary/aromatic N) is 3. The molecule has 0 spiro atoms. The average Bonchev–Trinajstić information content (AvgIpc) is 2.70. The molecule has 0 radical (unpaired) electrons. The number of carbonyl (C=O) groups excluding carboxylic acids is 1. The van der Waals surface area contributed by atoms with E-state index >= 15 is 0 Å². The molecule has 0 atom stereocenters. The maximum absolute atomic E-state index is 12.1. The number of likely N-dealkylation sites (tertiary alicyclic amines) is 1. The normalized spacial score (nSPS) is 15.3. The van der Waals surface area contributed by atoms with E-state index in [9.17, 15) is 4.79 Å². The van der Waals surface area contributed by atoms with Crippen LogP contribution < -0.4 is 10.1 Å². The van der Waals surface area contributed by atoms with Gasteiger partial charge in [0.15, 0.2) is 0 Å². The Bertz CT molecular complexity index is 833. The number of nitrogens with one attached hydrogen (secondary N) is 1. The molecule has 0 aliphatic carbocycles. The van der Waals surface area contributed by atoms with Crippen molar-refractivity contribution in [2.75, 3.05) is 26.2 Å². The van der Waals surface area contributed by atoms with Gasteiger partial charge in [-0.15, -0.1) is 37.2 Å². The Balaban J connectivity index is 0.00000150. The summed E-state index contributed by atoms with van der Waals surface area (Å²) in [4.78, 5) is 22.5. The minimum absolute atomic E-state index is 0. The molecule has 10 heteroatoms. The number of aromatic nitrogens is 2. The fourth-order valence-electron chi connectivity index (χ4n) is 3.10. The number of rotatable bonds is 5. The van der Waals surface area contributed by atoms with Gasteiger partial charge in [-0.25, -0.2) is 14.8 Å². The highest BCUT2D eigenvalue weighted by Crippen LogP contribution is 2.27. The summed E-state index contributed by atoms with van der Waals surface area (Å²) in [5, 5.41) is 3.29. The number of amides is 1. The Morgan fingerprint density at radius 1 is 1.10 bits per heavy atom. The molecule has 2 aliphatic heterocycles. The first-order chi connectivity index (χ1) is 13.3. The first-order valence-corrected chi connectivity index (χ1v) is 9.13. The van der Waals surface area contributed by atoms with Crippen LogP contribution in [0.25, 0.3) is 5.57 Å². The summed E-state index contributed by atoms with van der Waals surface area (Å²) >= 11 is 0.